The molecule has 1 unspecified atom stereocenters. The van der Waals surface area contributed by atoms with E-state index >= 15 is 0 Å². The number of hydrogen-bond acceptors (Lipinski definition) is 6. The molecule has 0 aromatic heterocycles. The summed E-state index contributed by atoms with van der Waals surface area (Å²) in [6.45, 7) is 2.00. The Bertz CT molecular complexity index is 767. The van der Waals surface area contributed by atoms with E-state index in [4.69, 9.17) is 14.2 Å². The van der Waals surface area contributed by atoms with Gasteiger partial charge in [0.2, 0.25) is 5.91 Å². The second-order valence-electron chi connectivity index (χ2n) is 5.70. The van der Waals surface area contributed by atoms with Crippen LogP contribution in [0.5, 0.6) is 11.5 Å². The lowest BCUT2D eigenvalue weighted by molar-refractivity contribution is -0.143. The third-order valence-corrected chi connectivity index (χ3v) is 4.70. The molecule has 0 aliphatic rings. The highest BCUT2D eigenvalue weighted by Crippen LogP contribution is 2.17. The summed E-state index contributed by atoms with van der Waals surface area (Å²) >= 11 is 1.16. The average molecular weight is 407 g/mol. The van der Waals surface area contributed by atoms with E-state index in [9.17, 15) is 14.0 Å². The van der Waals surface area contributed by atoms with Crippen molar-refractivity contribution in [3.05, 3.63) is 54.3 Å². The molecule has 0 radical (unpaired) electrons. The summed E-state index contributed by atoms with van der Waals surface area (Å²) in [6, 6.07) is 12.5. The first-order valence-electron chi connectivity index (χ1n) is 8.58. The Kier molecular flexibility index (Phi) is 8.61. The predicted octanol–water partition coefficient (Wildman–Crippen LogP) is 3.52. The average Bonchev–Trinajstić information content (AvgIpc) is 2.71. The number of amides is 1. The Morgan fingerprint density at radius 1 is 1.04 bits per heavy atom. The fourth-order valence-electron chi connectivity index (χ4n) is 2.09. The normalized spacial score (nSPS) is 11.4. The van der Waals surface area contributed by atoms with Crippen LogP contribution in [0.2, 0.25) is 0 Å². The van der Waals surface area contributed by atoms with Crippen LogP contribution in [-0.4, -0.2) is 43.2 Å². The number of anilines is 1. The molecule has 2 aromatic carbocycles. The molecule has 6 nitrogen and oxygen atoms in total. The van der Waals surface area contributed by atoms with Gasteiger partial charge in [0.1, 0.15) is 35.8 Å². The second kappa shape index (κ2) is 11.2. The summed E-state index contributed by atoms with van der Waals surface area (Å²) in [5.74, 6) is 0.386. The summed E-state index contributed by atoms with van der Waals surface area (Å²) in [6.07, 6.45) is 0. The molecule has 0 saturated heterocycles. The highest BCUT2D eigenvalue weighted by molar-refractivity contribution is 8.01. The quantitative estimate of drug-likeness (QED) is 0.480. The van der Waals surface area contributed by atoms with Crippen LogP contribution in [-0.2, 0) is 14.3 Å². The molecule has 2 aromatic rings. The van der Waals surface area contributed by atoms with Gasteiger partial charge in [0.25, 0.3) is 0 Å². The standard InChI is InChI=1S/C20H22FNO5S/c1-14(28-13-19(23)22-16-5-3-15(21)4-6-16)20(24)27-12-11-26-18-9-7-17(25-2)8-10-18/h3-10,14H,11-13H2,1-2H3,(H,22,23). The molecule has 0 bridgehead atoms. The minimum absolute atomic E-state index is 0.0794. The van der Waals surface area contributed by atoms with Crippen LogP contribution in [0.3, 0.4) is 0 Å². The molecule has 0 fully saturated rings. The van der Waals surface area contributed by atoms with Crippen molar-refractivity contribution < 1.29 is 28.2 Å². The van der Waals surface area contributed by atoms with Crippen molar-refractivity contribution in [2.24, 2.45) is 0 Å². The molecule has 1 N–H and O–H groups in total. The molecule has 150 valence electrons. The van der Waals surface area contributed by atoms with Gasteiger partial charge in [0.15, 0.2) is 0 Å². The summed E-state index contributed by atoms with van der Waals surface area (Å²) in [5.41, 5.74) is 0.498. The molecule has 1 atom stereocenters. The number of carbonyl (C=O) groups is 2. The molecule has 8 heteroatoms. The zero-order valence-corrected chi connectivity index (χ0v) is 16.5. The van der Waals surface area contributed by atoms with E-state index in [2.05, 4.69) is 5.32 Å². The Labute approximate surface area is 167 Å². The van der Waals surface area contributed by atoms with Crippen LogP contribution in [0, 0.1) is 5.82 Å². The topological polar surface area (TPSA) is 73.9 Å². The summed E-state index contributed by atoms with van der Waals surface area (Å²) in [5, 5.41) is 2.13. The SMILES string of the molecule is COc1ccc(OCCOC(=O)C(C)SCC(=O)Nc2ccc(F)cc2)cc1. The number of hydrogen-bond donors (Lipinski definition) is 1. The molecule has 1 amide bonds. The molecule has 28 heavy (non-hydrogen) atoms. The van der Waals surface area contributed by atoms with Crippen LogP contribution in [0.25, 0.3) is 0 Å². The van der Waals surface area contributed by atoms with Gasteiger partial charge in [-0.1, -0.05) is 0 Å². The van der Waals surface area contributed by atoms with Crippen molar-refractivity contribution in [1.29, 1.82) is 0 Å². The van der Waals surface area contributed by atoms with Gasteiger partial charge in [0.05, 0.1) is 12.9 Å². The molecule has 2 rings (SSSR count). The van der Waals surface area contributed by atoms with Gasteiger partial charge in [-0.25, -0.2) is 4.39 Å². The third kappa shape index (κ3) is 7.48. The van der Waals surface area contributed by atoms with E-state index in [1.54, 1.807) is 38.3 Å². The van der Waals surface area contributed by atoms with Gasteiger partial charge in [-0.2, -0.15) is 0 Å². The van der Waals surface area contributed by atoms with Crippen molar-refractivity contribution in [3.8, 4) is 11.5 Å². The van der Waals surface area contributed by atoms with Gasteiger partial charge in [-0.15, -0.1) is 11.8 Å². The minimum Gasteiger partial charge on any atom is -0.497 e. The Morgan fingerprint density at radius 2 is 1.68 bits per heavy atom. The number of thioether (sulfide) groups is 1. The summed E-state index contributed by atoms with van der Waals surface area (Å²) in [7, 11) is 1.58. The highest BCUT2D eigenvalue weighted by atomic mass is 32.2. The molecular weight excluding hydrogens is 385 g/mol. The fourth-order valence-corrected chi connectivity index (χ4v) is 2.77. The van der Waals surface area contributed by atoms with Crippen molar-refractivity contribution in [3.63, 3.8) is 0 Å². The van der Waals surface area contributed by atoms with Gasteiger partial charge >= 0.3 is 5.97 Å². The maximum atomic E-state index is 12.8. The first kappa shape index (κ1) is 21.6. The number of carbonyl (C=O) groups excluding carboxylic acids is 2. The van der Waals surface area contributed by atoms with E-state index in [-0.39, 0.29) is 30.7 Å². The first-order chi connectivity index (χ1) is 13.5. The highest BCUT2D eigenvalue weighted by Gasteiger charge is 2.16. The maximum absolute atomic E-state index is 12.8. The molecule has 0 spiro atoms. The smallest absolute Gasteiger partial charge is 0.318 e. The van der Waals surface area contributed by atoms with E-state index in [0.717, 1.165) is 17.5 Å². The number of esters is 1. The van der Waals surface area contributed by atoms with E-state index in [1.807, 2.05) is 0 Å². The number of benzene rings is 2. The Balaban J connectivity index is 1.62. The first-order valence-corrected chi connectivity index (χ1v) is 9.63. The zero-order chi connectivity index (χ0) is 20.4. The van der Waals surface area contributed by atoms with Crippen LogP contribution in [0.4, 0.5) is 10.1 Å². The lowest BCUT2D eigenvalue weighted by Crippen LogP contribution is -2.23. The van der Waals surface area contributed by atoms with Crippen LogP contribution >= 0.6 is 11.8 Å². The number of rotatable bonds is 10. The van der Waals surface area contributed by atoms with Crippen molar-refractivity contribution in [2.75, 3.05) is 31.4 Å². The van der Waals surface area contributed by atoms with Crippen molar-refractivity contribution >= 4 is 29.3 Å². The number of nitrogens with one attached hydrogen (secondary N) is 1. The van der Waals surface area contributed by atoms with E-state index < -0.39 is 11.2 Å². The lowest BCUT2D eigenvalue weighted by Gasteiger charge is -2.12. The van der Waals surface area contributed by atoms with Crippen LogP contribution < -0.4 is 14.8 Å². The van der Waals surface area contributed by atoms with Gasteiger partial charge in [-0.3, -0.25) is 9.59 Å². The number of ether oxygens (including phenoxy) is 3. The Morgan fingerprint density at radius 3 is 2.32 bits per heavy atom. The zero-order valence-electron chi connectivity index (χ0n) is 15.6. The summed E-state index contributed by atoms with van der Waals surface area (Å²) in [4.78, 5) is 23.8. The molecule has 0 aliphatic carbocycles. The molecule has 0 aliphatic heterocycles. The van der Waals surface area contributed by atoms with Crippen LogP contribution in [0.15, 0.2) is 48.5 Å². The minimum atomic E-state index is -0.500. The summed E-state index contributed by atoms with van der Waals surface area (Å²) < 4.78 is 28.5. The number of methoxy groups -OCH3 is 1. The van der Waals surface area contributed by atoms with Gasteiger partial charge in [0, 0.05) is 5.69 Å². The van der Waals surface area contributed by atoms with Gasteiger partial charge < -0.3 is 19.5 Å². The predicted molar refractivity (Wildman–Crippen MR) is 106 cm³/mol. The molecule has 0 saturated carbocycles. The second-order valence-corrected chi connectivity index (χ2v) is 7.03. The maximum Gasteiger partial charge on any atom is 0.318 e. The fraction of sp³-hybridized carbons (Fsp3) is 0.300. The molecule has 0 heterocycles. The largest absolute Gasteiger partial charge is 0.497 e. The van der Waals surface area contributed by atoms with E-state index in [0.29, 0.717) is 11.4 Å². The van der Waals surface area contributed by atoms with Crippen molar-refractivity contribution in [2.45, 2.75) is 12.2 Å². The van der Waals surface area contributed by atoms with Gasteiger partial charge in [-0.05, 0) is 55.5 Å². The monoisotopic (exact) mass is 407 g/mol. The number of halogens is 1. The van der Waals surface area contributed by atoms with Crippen LogP contribution in [0.1, 0.15) is 6.92 Å². The lowest BCUT2D eigenvalue weighted by atomic mass is 10.3. The van der Waals surface area contributed by atoms with Crippen molar-refractivity contribution in [1.82, 2.24) is 0 Å². The molecular formula is C20H22FNO5S. The van der Waals surface area contributed by atoms with E-state index in [1.165, 1.54) is 24.3 Å². The Hall–Kier alpha value is -2.74. The third-order valence-electron chi connectivity index (χ3n) is 3.58.